The molecule has 0 aliphatic heterocycles. The molecule has 0 bridgehead atoms. The lowest BCUT2D eigenvalue weighted by Crippen LogP contribution is -2.22. The maximum Gasteiger partial charge on any atom is 0.416 e. The molecule has 5 nitrogen and oxygen atoms in total. The minimum Gasteiger partial charge on any atom is -0.386 e. The fraction of sp³-hybridized carbons (Fsp3) is 0.355. The van der Waals surface area contributed by atoms with E-state index in [0.717, 1.165) is 66.2 Å². The number of aromatic nitrogens is 2. The average Bonchev–Trinajstić information content (AvgIpc) is 3.29. The van der Waals surface area contributed by atoms with Crippen LogP contribution < -0.4 is 10.6 Å². The first-order chi connectivity index (χ1) is 18.6. The summed E-state index contributed by atoms with van der Waals surface area (Å²) in [6, 6.07) is 13.4. The number of hydrogen-bond acceptors (Lipinski definition) is 3. The van der Waals surface area contributed by atoms with E-state index >= 15 is 0 Å². The van der Waals surface area contributed by atoms with Gasteiger partial charge in [0, 0.05) is 32.3 Å². The molecule has 0 aliphatic carbocycles. The van der Waals surface area contributed by atoms with Crippen molar-refractivity contribution in [3.05, 3.63) is 101 Å². The van der Waals surface area contributed by atoms with Crippen molar-refractivity contribution in [3.8, 4) is 0 Å². The van der Waals surface area contributed by atoms with Gasteiger partial charge in [0.05, 0.1) is 17.6 Å². The number of nitrogens with zero attached hydrogens (tertiary/aromatic N) is 2. The Bertz CT molecular complexity index is 1290. The molecule has 39 heavy (non-hydrogen) atoms. The molecule has 8 heteroatoms. The van der Waals surface area contributed by atoms with Gasteiger partial charge in [0.2, 0.25) is 5.91 Å². The van der Waals surface area contributed by atoms with E-state index in [1.807, 2.05) is 26.4 Å². The molecule has 1 heterocycles. The summed E-state index contributed by atoms with van der Waals surface area (Å²) in [5, 5.41) is 5.95. The largest absolute Gasteiger partial charge is 0.416 e. The number of hydrogen-bond donors (Lipinski definition) is 2. The van der Waals surface area contributed by atoms with Crippen molar-refractivity contribution < 1.29 is 18.0 Å². The smallest absolute Gasteiger partial charge is 0.386 e. The molecule has 2 N–H and O–H groups in total. The van der Waals surface area contributed by atoms with Crippen LogP contribution in [0.25, 0.3) is 11.3 Å². The SMILES string of the molecule is C=C(/C=C(/NC)c1ncn(CCCCCC(=O)NCc2cccc(C(F)(F)F)c2)c1C)c1ccc(CC)cc1. The Balaban J connectivity index is 1.45. The van der Waals surface area contributed by atoms with E-state index in [9.17, 15) is 18.0 Å². The van der Waals surface area contributed by atoms with Crippen LogP contribution in [0, 0.1) is 6.92 Å². The molecule has 0 aliphatic rings. The topological polar surface area (TPSA) is 59.0 Å². The molecule has 1 amide bonds. The molecule has 3 aromatic rings. The lowest BCUT2D eigenvalue weighted by Gasteiger charge is -2.10. The highest BCUT2D eigenvalue weighted by Crippen LogP contribution is 2.29. The van der Waals surface area contributed by atoms with Gasteiger partial charge in [0.25, 0.3) is 0 Å². The first-order valence-corrected chi connectivity index (χ1v) is 13.2. The first kappa shape index (κ1) is 29.7. The fourth-order valence-corrected chi connectivity index (χ4v) is 4.30. The Morgan fingerprint density at radius 1 is 1.08 bits per heavy atom. The number of carbonyl (C=O) groups is 1. The maximum atomic E-state index is 12.8. The number of carbonyl (C=O) groups excluding carboxylic acids is 1. The van der Waals surface area contributed by atoms with Crippen molar-refractivity contribution in [2.24, 2.45) is 0 Å². The Hall–Kier alpha value is -3.81. The molecule has 1 aromatic heterocycles. The molecule has 3 rings (SSSR count). The van der Waals surface area contributed by atoms with E-state index in [-0.39, 0.29) is 12.5 Å². The van der Waals surface area contributed by atoms with Gasteiger partial charge in [-0.25, -0.2) is 4.98 Å². The third kappa shape index (κ3) is 8.60. The van der Waals surface area contributed by atoms with Crippen LogP contribution in [-0.2, 0) is 30.5 Å². The van der Waals surface area contributed by atoms with Crippen molar-refractivity contribution in [2.75, 3.05) is 7.05 Å². The monoisotopic (exact) mass is 538 g/mol. The highest BCUT2D eigenvalue weighted by molar-refractivity contribution is 5.81. The van der Waals surface area contributed by atoms with Crippen LogP contribution in [0.3, 0.4) is 0 Å². The van der Waals surface area contributed by atoms with Gasteiger partial charge in [-0.2, -0.15) is 13.2 Å². The molecule has 0 unspecified atom stereocenters. The van der Waals surface area contributed by atoms with Gasteiger partial charge in [0.15, 0.2) is 0 Å². The molecule has 0 spiro atoms. The number of unbranched alkanes of at least 4 members (excludes halogenated alkanes) is 2. The third-order valence-corrected chi connectivity index (χ3v) is 6.72. The van der Waals surface area contributed by atoms with Gasteiger partial charge < -0.3 is 15.2 Å². The minimum atomic E-state index is -4.39. The Kier molecular flexibility index (Phi) is 10.5. The van der Waals surface area contributed by atoms with Crippen molar-refractivity contribution in [1.29, 1.82) is 0 Å². The predicted molar refractivity (Wildman–Crippen MR) is 151 cm³/mol. The van der Waals surface area contributed by atoms with E-state index in [2.05, 4.69) is 58.0 Å². The predicted octanol–water partition coefficient (Wildman–Crippen LogP) is 6.92. The maximum absolute atomic E-state index is 12.8. The number of aryl methyl sites for hydroxylation is 2. The number of benzene rings is 2. The zero-order valence-corrected chi connectivity index (χ0v) is 22.9. The van der Waals surface area contributed by atoms with Gasteiger partial charge in [-0.3, -0.25) is 4.79 Å². The van der Waals surface area contributed by atoms with Crippen LogP contribution in [0.5, 0.6) is 0 Å². The number of allylic oxidation sites excluding steroid dienone is 2. The van der Waals surface area contributed by atoms with Gasteiger partial charge in [-0.15, -0.1) is 0 Å². The number of alkyl halides is 3. The van der Waals surface area contributed by atoms with Crippen LogP contribution in [0.2, 0.25) is 0 Å². The van der Waals surface area contributed by atoms with Crippen LogP contribution >= 0.6 is 0 Å². The zero-order valence-electron chi connectivity index (χ0n) is 22.9. The quantitative estimate of drug-likeness (QED) is 0.183. The van der Waals surface area contributed by atoms with Crippen LogP contribution in [-0.4, -0.2) is 22.5 Å². The van der Waals surface area contributed by atoms with Gasteiger partial charge >= 0.3 is 6.18 Å². The molecule has 2 aromatic carbocycles. The standard InChI is InChI=1S/C31H37F3N4O/c1-5-24-13-15-26(16-14-24)22(2)18-28(35-4)30-23(3)38(21-37-30)17-8-6-7-12-29(39)36-20-25-10-9-11-27(19-25)31(32,33)34/h9-11,13-16,18-19,21,35H,2,5-8,12,17,20H2,1,3-4H3,(H,36,39)/b28-18+. The van der Waals surface area contributed by atoms with E-state index in [0.29, 0.717) is 18.4 Å². The number of amides is 1. The highest BCUT2D eigenvalue weighted by atomic mass is 19.4. The summed E-state index contributed by atoms with van der Waals surface area (Å²) in [4.78, 5) is 16.8. The van der Waals surface area contributed by atoms with Crippen LogP contribution in [0.4, 0.5) is 13.2 Å². The Morgan fingerprint density at radius 2 is 1.82 bits per heavy atom. The molecule has 0 atom stereocenters. The average molecular weight is 539 g/mol. The van der Waals surface area contributed by atoms with Crippen LogP contribution in [0.1, 0.15) is 66.2 Å². The Labute approximate surface area is 228 Å². The van der Waals surface area contributed by atoms with Crippen molar-refractivity contribution in [3.63, 3.8) is 0 Å². The molecule has 0 radical (unpaired) electrons. The third-order valence-electron chi connectivity index (χ3n) is 6.72. The minimum absolute atomic E-state index is 0.0809. The lowest BCUT2D eigenvalue weighted by atomic mass is 10.0. The van der Waals surface area contributed by atoms with Crippen molar-refractivity contribution >= 4 is 17.2 Å². The summed E-state index contributed by atoms with van der Waals surface area (Å²) in [6.45, 7) is 9.26. The summed E-state index contributed by atoms with van der Waals surface area (Å²) in [7, 11) is 1.87. The first-order valence-electron chi connectivity index (χ1n) is 13.2. The molecule has 0 saturated heterocycles. The normalized spacial score (nSPS) is 11.9. The van der Waals surface area contributed by atoms with E-state index in [1.54, 1.807) is 6.07 Å². The van der Waals surface area contributed by atoms with Gasteiger partial charge in [0.1, 0.15) is 5.69 Å². The number of imidazole rings is 1. The van der Waals surface area contributed by atoms with Gasteiger partial charge in [-0.1, -0.05) is 56.3 Å². The summed E-state index contributed by atoms with van der Waals surface area (Å²) < 4.78 is 40.6. The summed E-state index contributed by atoms with van der Waals surface area (Å²) >= 11 is 0. The summed E-state index contributed by atoms with van der Waals surface area (Å²) in [5.41, 5.74) is 5.79. The Morgan fingerprint density at radius 3 is 2.49 bits per heavy atom. The molecular weight excluding hydrogens is 501 g/mol. The lowest BCUT2D eigenvalue weighted by molar-refractivity contribution is -0.137. The van der Waals surface area contributed by atoms with E-state index < -0.39 is 11.7 Å². The molecule has 208 valence electrons. The summed E-state index contributed by atoms with van der Waals surface area (Å²) in [5.74, 6) is -0.165. The van der Waals surface area contributed by atoms with Gasteiger partial charge in [-0.05, 0) is 66.7 Å². The number of halogens is 3. The second-order valence-electron chi connectivity index (χ2n) is 9.54. The van der Waals surface area contributed by atoms with E-state index in [4.69, 9.17) is 0 Å². The van der Waals surface area contributed by atoms with Crippen LogP contribution in [0.15, 0.2) is 67.5 Å². The molecule has 0 fully saturated rings. The van der Waals surface area contributed by atoms with Crippen molar-refractivity contribution in [1.82, 2.24) is 20.2 Å². The fourth-order valence-electron chi connectivity index (χ4n) is 4.30. The number of rotatable bonds is 13. The second-order valence-corrected chi connectivity index (χ2v) is 9.54. The molecule has 0 saturated carbocycles. The second kappa shape index (κ2) is 13.8. The zero-order chi connectivity index (χ0) is 28.4. The summed E-state index contributed by atoms with van der Waals surface area (Å²) in [6.07, 6.45) is 3.21. The molecular formula is C31H37F3N4O. The highest BCUT2D eigenvalue weighted by Gasteiger charge is 2.30. The van der Waals surface area contributed by atoms with Crippen molar-refractivity contribution in [2.45, 2.75) is 65.2 Å². The number of nitrogens with one attached hydrogen (secondary N) is 2. The van der Waals surface area contributed by atoms with E-state index in [1.165, 1.54) is 11.6 Å².